The van der Waals surface area contributed by atoms with E-state index in [-0.39, 0.29) is 28.0 Å². The quantitative estimate of drug-likeness (QED) is 0.800. The lowest BCUT2D eigenvalue weighted by molar-refractivity contribution is -0.144. The molecule has 0 aliphatic heterocycles. The first kappa shape index (κ1) is 14.7. The highest BCUT2D eigenvalue weighted by atomic mass is 79.9. The van der Waals surface area contributed by atoms with Gasteiger partial charge in [0.15, 0.2) is 0 Å². The van der Waals surface area contributed by atoms with Crippen LogP contribution in [0.3, 0.4) is 0 Å². The monoisotopic (exact) mass is 365 g/mol. The first-order valence-corrected chi connectivity index (χ1v) is 8.98. The van der Waals surface area contributed by atoms with Gasteiger partial charge in [0.1, 0.15) is 5.82 Å². The number of halogens is 2. The maximum atomic E-state index is 13.7. The molecule has 1 aromatic carbocycles. The molecule has 0 aromatic heterocycles. The number of carbonyl (C=O) groups excluding carboxylic acids is 1. The third kappa shape index (κ3) is 2.40. The van der Waals surface area contributed by atoms with Crippen LogP contribution < -0.4 is 5.32 Å². The maximum Gasteiger partial charge on any atom is 0.226 e. The van der Waals surface area contributed by atoms with Crippen LogP contribution in [0.25, 0.3) is 0 Å². The molecule has 4 bridgehead atoms. The summed E-state index contributed by atoms with van der Waals surface area (Å²) in [6, 6.07) is 6.66. The van der Waals surface area contributed by atoms with Gasteiger partial charge in [-0.25, -0.2) is 4.39 Å². The van der Waals surface area contributed by atoms with Gasteiger partial charge < -0.3 is 5.32 Å². The van der Waals surface area contributed by atoms with Crippen LogP contribution in [0.2, 0.25) is 0 Å². The minimum absolute atomic E-state index is 0.133. The lowest BCUT2D eigenvalue weighted by Gasteiger charge is -2.59. The Morgan fingerprint density at radius 3 is 2.55 bits per heavy atom. The average molecular weight is 366 g/mol. The van der Waals surface area contributed by atoms with E-state index in [1.165, 1.54) is 25.3 Å². The summed E-state index contributed by atoms with van der Waals surface area (Å²) in [5.74, 6) is 1.25. The minimum atomic E-state index is -0.245. The van der Waals surface area contributed by atoms with E-state index in [0.29, 0.717) is 17.4 Å². The van der Waals surface area contributed by atoms with Crippen molar-refractivity contribution in [2.24, 2.45) is 17.3 Å². The number of nitrogens with one attached hydrogen (secondary N) is 1. The van der Waals surface area contributed by atoms with E-state index >= 15 is 0 Å². The third-order valence-electron chi connectivity index (χ3n) is 5.87. The summed E-state index contributed by atoms with van der Waals surface area (Å²) in [6.45, 7) is 0.290. The fraction of sp³-hybridized carbons (Fsp3) is 0.611. The van der Waals surface area contributed by atoms with Crippen LogP contribution in [-0.4, -0.2) is 10.2 Å². The van der Waals surface area contributed by atoms with E-state index in [4.69, 9.17) is 0 Å². The van der Waals surface area contributed by atoms with Gasteiger partial charge >= 0.3 is 0 Å². The Balaban J connectivity index is 1.50. The molecular formula is C18H21BrFNO. The number of benzene rings is 1. The van der Waals surface area contributed by atoms with Crippen molar-refractivity contribution in [3.05, 3.63) is 35.6 Å². The zero-order chi connectivity index (χ0) is 15.4. The van der Waals surface area contributed by atoms with Crippen molar-refractivity contribution >= 4 is 21.8 Å². The molecule has 2 nitrogen and oxygen atoms in total. The smallest absolute Gasteiger partial charge is 0.226 e. The van der Waals surface area contributed by atoms with Crippen LogP contribution in [0.4, 0.5) is 4.39 Å². The van der Waals surface area contributed by atoms with E-state index in [0.717, 1.165) is 19.3 Å². The van der Waals surface area contributed by atoms with E-state index in [2.05, 4.69) is 21.2 Å². The van der Waals surface area contributed by atoms with E-state index < -0.39 is 0 Å². The van der Waals surface area contributed by atoms with Gasteiger partial charge in [0, 0.05) is 16.4 Å². The summed E-state index contributed by atoms with van der Waals surface area (Å²) in [5.41, 5.74) is 0.341. The van der Waals surface area contributed by atoms with Crippen molar-refractivity contribution in [1.29, 1.82) is 0 Å². The second-order valence-electron chi connectivity index (χ2n) is 7.67. The van der Waals surface area contributed by atoms with Crippen molar-refractivity contribution < 1.29 is 9.18 Å². The summed E-state index contributed by atoms with van der Waals surface area (Å²) < 4.78 is 13.9. The van der Waals surface area contributed by atoms with Crippen LogP contribution in [-0.2, 0) is 11.3 Å². The Morgan fingerprint density at radius 1 is 1.23 bits per heavy atom. The van der Waals surface area contributed by atoms with Crippen LogP contribution in [0.15, 0.2) is 24.3 Å². The first-order chi connectivity index (χ1) is 10.5. The van der Waals surface area contributed by atoms with Gasteiger partial charge in [-0.2, -0.15) is 0 Å². The van der Waals surface area contributed by atoms with Gasteiger partial charge in [-0.15, -0.1) is 0 Å². The topological polar surface area (TPSA) is 29.1 Å². The number of amides is 1. The van der Waals surface area contributed by atoms with Gasteiger partial charge in [-0.05, 0) is 56.4 Å². The van der Waals surface area contributed by atoms with Crippen molar-refractivity contribution in [2.75, 3.05) is 0 Å². The molecule has 2 unspecified atom stereocenters. The third-order valence-corrected chi connectivity index (χ3v) is 6.80. The minimum Gasteiger partial charge on any atom is -0.351 e. The number of alkyl halides is 1. The fourth-order valence-electron chi connectivity index (χ4n) is 5.42. The molecule has 4 saturated carbocycles. The van der Waals surface area contributed by atoms with Gasteiger partial charge in [-0.3, -0.25) is 4.79 Å². The summed E-state index contributed by atoms with van der Waals surface area (Å²) in [7, 11) is 0. The molecule has 4 aliphatic rings. The van der Waals surface area contributed by atoms with Crippen molar-refractivity contribution in [1.82, 2.24) is 5.32 Å². The van der Waals surface area contributed by atoms with E-state index in [1.54, 1.807) is 12.1 Å². The zero-order valence-corrected chi connectivity index (χ0v) is 14.2. The number of hydrogen-bond donors (Lipinski definition) is 1. The van der Waals surface area contributed by atoms with Crippen molar-refractivity contribution in [3.8, 4) is 0 Å². The molecule has 1 amide bonds. The van der Waals surface area contributed by atoms with Gasteiger partial charge in [0.25, 0.3) is 0 Å². The maximum absolute atomic E-state index is 13.7. The average Bonchev–Trinajstić information content (AvgIpc) is 2.43. The molecule has 4 atom stereocenters. The van der Waals surface area contributed by atoms with Crippen LogP contribution in [0, 0.1) is 23.1 Å². The predicted octanol–water partition coefficient (Wildman–Crippen LogP) is 4.18. The van der Waals surface area contributed by atoms with E-state index in [1.807, 2.05) is 6.07 Å². The van der Waals surface area contributed by atoms with Crippen molar-refractivity contribution in [2.45, 2.75) is 49.4 Å². The van der Waals surface area contributed by atoms with Gasteiger partial charge in [0.2, 0.25) is 5.91 Å². The lowest BCUT2D eigenvalue weighted by Crippen LogP contribution is -2.58. The largest absolute Gasteiger partial charge is 0.351 e. The summed E-state index contributed by atoms with van der Waals surface area (Å²) >= 11 is 3.93. The molecule has 0 spiro atoms. The molecule has 118 valence electrons. The Hall–Kier alpha value is -0.900. The van der Waals surface area contributed by atoms with Gasteiger partial charge in [0.05, 0.1) is 5.41 Å². The SMILES string of the molecule is O=C(NCc1ccccc1F)C12C[C@@H]3C[C@@H](CC(Br)(C3)C1)C2. The Labute approximate surface area is 139 Å². The Kier molecular flexibility index (Phi) is 3.37. The molecule has 1 aromatic rings. The molecule has 4 fully saturated rings. The molecule has 0 saturated heterocycles. The Bertz CT molecular complexity index is 603. The molecule has 1 N–H and O–H groups in total. The fourth-order valence-corrected chi connectivity index (χ4v) is 6.87. The number of rotatable bonds is 3. The van der Waals surface area contributed by atoms with Crippen LogP contribution in [0.5, 0.6) is 0 Å². The van der Waals surface area contributed by atoms with Crippen molar-refractivity contribution in [3.63, 3.8) is 0 Å². The van der Waals surface area contributed by atoms with Crippen LogP contribution in [0.1, 0.15) is 44.1 Å². The van der Waals surface area contributed by atoms with E-state index in [9.17, 15) is 9.18 Å². The number of carbonyl (C=O) groups is 1. The summed E-state index contributed by atoms with van der Waals surface area (Å²) in [6.07, 6.45) is 6.68. The Morgan fingerprint density at radius 2 is 1.91 bits per heavy atom. The van der Waals surface area contributed by atoms with Crippen LogP contribution >= 0.6 is 15.9 Å². The highest BCUT2D eigenvalue weighted by Crippen LogP contribution is 2.64. The highest BCUT2D eigenvalue weighted by Gasteiger charge is 2.59. The van der Waals surface area contributed by atoms with Gasteiger partial charge in [-0.1, -0.05) is 34.1 Å². The summed E-state index contributed by atoms with van der Waals surface area (Å²) in [4.78, 5) is 12.9. The highest BCUT2D eigenvalue weighted by molar-refractivity contribution is 9.10. The molecule has 22 heavy (non-hydrogen) atoms. The molecular weight excluding hydrogens is 345 g/mol. The predicted molar refractivity (Wildman–Crippen MR) is 87.0 cm³/mol. The lowest BCUT2D eigenvalue weighted by atomic mass is 9.49. The molecule has 0 heterocycles. The summed E-state index contributed by atoms with van der Waals surface area (Å²) in [5, 5.41) is 3.01. The second-order valence-corrected chi connectivity index (χ2v) is 9.35. The molecule has 0 radical (unpaired) electrons. The second kappa shape index (κ2) is 5.05. The standard InChI is InChI=1S/C18H21BrFNO/c19-18-8-12-5-13(9-18)7-17(6-12,11-18)16(22)21-10-14-3-1-2-4-15(14)20/h1-4,12-13H,5-11H2,(H,21,22)/t12-,13+,17?,18?. The molecule has 5 rings (SSSR count). The zero-order valence-electron chi connectivity index (χ0n) is 12.6. The molecule has 4 aliphatic carbocycles. The molecule has 4 heteroatoms. The number of hydrogen-bond acceptors (Lipinski definition) is 1. The first-order valence-electron chi connectivity index (χ1n) is 8.19. The normalized spacial score (nSPS) is 39.0.